The van der Waals surface area contributed by atoms with Gasteiger partial charge in [-0.15, -0.1) is 0 Å². The van der Waals surface area contributed by atoms with Gasteiger partial charge in [-0.2, -0.15) is 5.26 Å². The molecule has 2 heterocycles. The normalized spacial score (nSPS) is 12.1. The van der Waals surface area contributed by atoms with Gasteiger partial charge in [0.2, 0.25) is 0 Å². The Morgan fingerprint density at radius 2 is 2.17 bits per heavy atom. The topological polar surface area (TPSA) is 86.5 Å². The molecule has 0 aliphatic carbocycles. The number of rotatable bonds is 4. The summed E-state index contributed by atoms with van der Waals surface area (Å²) in [5.41, 5.74) is 4.33. The molecule has 1 unspecified atom stereocenters. The smallest absolute Gasteiger partial charge is 0.327 e. The number of nitrogens with one attached hydrogen (secondary N) is 2. The van der Waals surface area contributed by atoms with E-state index in [2.05, 4.69) is 21.4 Å². The van der Waals surface area contributed by atoms with Gasteiger partial charge in [0.15, 0.2) is 5.65 Å². The van der Waals surface area contributed by atoms with Gasteiger partial charge in [0.1, 0.15) is 5.52 Å². The van der Waals surface area contributed by atoms with E-state index in [-0.39, 0.29) is 11.7 Å². The van der Waals surface area contributed by atoms with Gasteiger partial charge in [0.25, 0.3) is 0 Å². The Labute approximate surface area is 139 Å². The van der Waals surface area contributed by atoms with Crippen LogP contribution in [0.4, 0.5) is 11.4 Å². The number of aromatic nitrogens is 3. The van der Waals surface area contributed by atoms with Gasteiger partial charge in [-0.1, -0.05) is 13.0 Å². The number of H-pyrrole nitrogens is 1. The highest BCUT2D eigenvalue weighted by Gasteiger charge is 2.15. The van der Waals surface area contributed by atoms with E-state index in [9.17, 15) is 4.79 Å². The van der Waals surface area contributed by atoms with Crippen molar-refractivity contribution in [3.63, 3.8) is 0 Å². The fourth-order valence-corrected chi connectivity index (χ4v) is 2.69. The number of aryl methyl sites for hydroxylation is 1. The van der Waals surface area contributed by atoms with E-state index in [1.54, 1.807) is 22.9 Å². The highest BCUT2D eigenvalue weighted by molar-refractivity contribution is 5.88. The number of nitriles is 1. The minimum absolute atomic E-state index is 0.0673. The third-order valence-corrected chi connectivity index (χ3v) is 4.28. The van der Waals surface area contributed by atoms with Crippen LogP contribution in [0.2, 0.25) is 0 Å². The van der Waals surface area contributed by atoms with E-state index in [0.717, 1.165) is 23.4 Å². The molecule has 0 fully saturated rings. The number of aromatic amines is 1. The Bertz CT molecular complexity index is 993. The zero-order valence-corrected chi connectivity index (χ0v) is 13.9. The summed E-state index contributed by atoms with van der Waals surface area (Å²) in [6.07, 6.45) is 2.52. The first-order valence-corrected chi connectivity index (χ1v) is 7.92. The van der Waals surface area contributed by atoms with Gasteiger partial charge in [-0.05, 0) is 44.0 Å². The average molecular weight is 321 g/mol. The van der Waals surface area contributed by atoms with Crippen LogP contribution in [-0.2, 0) is 0 Å². The maximum atomic E-state index is 12.3. The summed E-state index contributed by atoms with van der Waals surface area (Å²) in [6.45, 7) is 6.00. The number of anilines is 2. The van der Waals surface area contributed by atoms with Gasteiger partial charge in [-0.25, -0.2) is 9.78 Å². The maximum absolute atomic E-state index is 12.3. The molecule has 2 N–H and O–H groups in total. The fraction of sp³-hybridized carbons (Fsp3) is 0.278. The van der Waals surface area contributed by atoms with Crippen LogP contribution < -0.4 is 11.0 Å². The third-order valence-electron chi connectivity index (χ3n) is 4.28. The molecule has 2 aromatic heterocycles. The lowest BCUT2D eigenvalue weighted by Gasteiger charge is -2.12. The molecular weight excluding hydrogens is 302 g/mol. The zero-order valence-electron chi connectivity index (χ0n) is 13.9. The van der Waals surface area contributed by atoms with Crippen LogP contribution >= 0.6 is 0 Å². The first-order chi connectivity index (χ1) is 11.5. The molecule has 122 valence electrons. The van der Waals surface area contributed by atoms with Crippen molar-refractivity contribution in [1.29, 1.82) is 5.26 Å². The van der Waals surface area contributed by atoms with Crippen molar-refractivity contribution >= 4 is 22.5 Å². The quantitative estimate of drug-likeness (QED) is 0.768. The summed E-state index contributed by atoms with van der Waals surface area (Å²) in [5.74, 6) is 0. The van der Waals surface area contributed by atoms with E-state index >= 15 is 0 Å². The molecule has 24 heavy (non-hydrogen) atoms. The Morgan fingerprint density at radius 3 is 2.88 bits per heavy atom. The van der Waals surface area contributed by atoms with Crippen molar-refractivity contribution in [3.05, 3.63) is 52.1 Å². The predicted octanol–water partition coefficient (Wildman–Crippen LogP) is 3.62. The monoisotopic (exact) mass is 321 g/mol. The number of fused-ring (bicyclic) bond motifs is 1. The van der Waals surface area contributed by atoms with Gasteiger partial charge in [0, 0.05) is 17.9 Å². The summed E-state index contributed by atoms with van der Waals surface area (Å²) in [4.78, 5) is 19.6. The number of nitrogens with zero attached hydrogens (tertiary/aromatic N) is 3. The molecule has 3 aromatic rings. The van der Waals surface area contributed by atoms with Crippen molar-refractivity contribution in [1.82, 2.24) is 14.5 Å². The molecule has 0 amide bonds. The Hall–Kier alpha value is -3.07. The number of benzene rings is 1. The molecule has 0 radical (unpaired) electrons. The molecule has 0 bridgehead atoms. The van der Waals surface area contributed by atoms with Crippen LogP contribution in [0.25, 0.3) is 11.2 Å². The summed E-state index contributed by atoms with van der Waals surface area (Å²) >= 11 is 0. The standard InChI is InChI=1S/C18H19N5O/c1-4-12(3)23-17-16(22-18(23)24)14(7-8-20-17)21-15-9-13(10-19)6-5-11(15)2/h5-9,12H,4H2,1-3H3,(H,20,21)(H,22,24). The minimum atomic E-state index is -0.163. The summed E-state index contributed by atoms with van der Waals surface area (Å²) in [7, 11) is 0. The molecule has 3 rings (SSSR count). The summed E-state index contributed by atoms with van der Waals surface area (Å²) < 4.78 is 1.68. The predicted molar refractivity (Wildman–Crippen MR) is 94.5 cm³/mol. The summed E-state index contributed by atoms with van der Waals surface area (Å²) in [6, 6.07) is 9.50. The molecule has 6 heteroatoms. The Balaban J connectivity index is 2.12. The Morgan fingerprint density at radius 1 is 1.38 bits per heavy atom. The van der Waals surface area contributed by atoms with E-state index in [1.165, 1.54) is 0 Å². The van der Waals surface area contributed by atoms with E-state index in [0.29, 0.717) is 16.7 Å². The maximum Gasteiger partial charge on any atom is 0.327 e. The second-order valence-corrected chi connectivity index (χ2v) is 5.88. The molecule has 0 aliphatic rings. The second-order valence-electron chi connectivity index (χ2n) is 5.88. The van der Waals surface area contributed by atoms with Crippen molar-refractivity contribution < 1.29 is 0 Å². The number of hydrogen-bond donors (Lipinski definition) is 2. The molecule has 1 aromatic carbocycles. The lowest BCUT2D eigenvalue weighted by atomic mass is 10.1. The first-order valence-electron chi connectivity index (χ1n) is 7.92. The number of hydrogen-bond acceptors (Lipinski definition) is 4. The number of imidazole rings is 1. The zero-order chi connectivity index (χ0) is 17.3. The molecule has 6 nitrogen and oxygen atoms in total. The van der Waals surface area contributed by atoms with Crippen LogP contribution in [0, 0.1) is 18.3 Å². The third kappa shape index (κ3) is 2.65. The van der Waals surface area contributed by atoms with Crippen molar-refractivity contribution in [3.8, 4) is 6.07 Å². The van der Waals surface area contributed by atoms with Gasteiger partial charge >= 0.3 is 5.69 Å². The molecular formula is C18H19N5O. The van der Waals surface area contributed by atoms with Crippen LogP contribution in [-0.4, -0.2) is 14.5 Å². The largest absolute Gasteiger partial charge is 0.353 e. The van der Waals surface area contributed by atoms with Crippen LogP contribution in [0.5, 0.6) is 0 Å². The van der Waals surface area contributed by atoms with Crippen LogP contribution in [0.3, 0.4) is 0 Å². The second kappa shape index (κ2) is 6.20. The van der Waals surface area contributed by atoms with Crippen LogP contribution in [0.15, 0.2) is 35.3 Å². The van der Waals surface area contributed by atoms with E-state index < -0.39 is 0 Å². The molecule has 1 atom stereocenters. The average Bonchev–Trinajstić information content (AvgIpc) is 2.93. The number of pyridine rings is 1. The lowest BCUT2D eigenvalue weighted by molar-refractivity contribution is 0.526. The lowest BCUT2D eigenvalue weighted by Crippen LogP contribution is -2.20. The summed E-state index contributed by atoms with van der Waals surface area (Å²) in [5, 5.41) is 12.4. The van der Waals surface area contributed by atoms with E-state index in [4.69, 9.17) is 5.26 Å². The van der Waals surface area contributed by atoms with Gasteiger partial charge < -0.3 is 10.3 Å². The first kappa shape index (κ1) is 15.8. The van der Waals surface area contributed by atoms with Crippen molar-refractivity contribution in [2.24, 2.45) is 0 Å². The highest BCUT2D eigenvalue weighted by atomic mass is 16.1. The van der Waals surface area contributed by atoms with Crippen molar-refractivity contribution in [2.45, 2.75) is 33.2 Å². The molecule has 0 saturated heterocycles. The minimum Gasteiger partial charge on any atom is -0.353 e. The van der Waals surface area contributed by atoms with Crippen LogP contribution in [0.1, 0.15) is 37.4 Å². The van der Waals surface area contributed by atoms with Gasteiger partial charge in [-0.3, -0.25) is 4.57 Å². The van der Waals surface area contributed by atoms with E-state index in [1.807, 2.05) is 32.9 Å². The fourth-order valence-electron chi connectivity index (χ4n) is 2.69. The van der Waals surface area contributed by atoms with Crippen molar-refractivity contribution in [2.75, 3.05) is 5.32 Å². The molecule has 0 aliphatic heterocycles. The van der Waals surface area contributed by atoms with Gasteiger partial charge in [0.05, 0.1) is 17.3 Å². The molecule has 0 saturated carbocycles. The Kier molecular flexibility index (Phi) is 4.09. The highest BCUT2D eigenvalue weighted by Crippen LogP contribution is 2.27. The SMILES string of the molecule is CCC(C)n1c(=O)[nH]c2c(Nc3cc(C#N)ccc3C)ccnc21. The molecule has 0 spiro atoms.